The van der Waals surface area contributed by atoms with Gasteiger partial charge in [-0.15, -0.1) is 0 Å². The molecular weight excluding hydrogens is 206 g/mol. The molecule has 0 saturated carbocycles. The Hall–Kier alpha value is -1.10. The van der Waals surface area contributed by atoms with Crippen molar-refractivity contribution in [2.75, 3.05) is 20.3 Å². The zero-order valence-corrected chi connectivity index (χ0v) is 9.56. The zero-order chi connectivity index (χ0) is 11.8. The second-order valence-electron chi connectivity index (χ2n) is 3.61. The molecule has 1 aromatic carbocycles. The van der Waals surface area contributed by atoms with Crippen LogP contribution >= 0.6 is 0 Å². The predicted octanol–water partition coefficient (Wildman–Crippen LogP) is 0.921. The molecule has 0 saturated heterocycles. The first-order valence-electron chi connectivity index (χ1n) is 5.35. The number of ether oxygens (including phenoxy) is 2. The summed E-state index contributed by atoms with van der Waals surface area (Å²) >= 11 is 0. The molecule has 1 aromatic rings. The molecule has 0 spiro atoms. The molecule has 0 fully saturated rings. The van der Waals surface area contributed by atoms with Gasteiger partial charge in [-0.2, -0.15) is 0 Å². The lowest BCUT2D eigenvalue weighted by molar-refractivity contribution is 0.146. The minimum atomic E-state index is -0.484. The molecule has 0 aliphatic heterocycles. The summed E-state index contributed by atoms with van der Waals surface area (Å²) in [5.41, 5.74) is 6.36. The van der Waals surface area contributed by atoms with Crippen LogP contribution in [0.4, 0.5) is 0 Å². The van der Waals surface area contributed by atoms with E-state index in [0.29, 0.717) is 19.6 Å². The Morgan fingerprint density at radius 1 is 1.44 bits per heavy atom. The Labute approximate surface area is 96.0 Å². The molecule has 0 aromatic heterocycles. The topological polar surface area (TPSA) is 64.7 Å². The third-order valence-corrected chi connectivity index (χ3v) is 2.20. The summed E-state index contributed by atoms with van der Waals surface area (Å²) in [4.78, 5) is 0. The van der Waals surface area contributed by atoms with Crippen LogP contribution in [0.25, 0.3) is 0 Å². The molecule has 3 N–H and O–H groups in total. The molecule has 1 rings (SSSR count). The smallest absolute Gasteiger partial charge is 0.119 e. The second kappa shape index (κ2) is 7.22. The molecule has 1 atom stereocenters. The fraction of sp³-hybridized carbons (Fsp3) is 0.500. The fourth-order valence-corrected chi connectivity index (χ4v) is 1.32. The monoisotopic (exact) mass is 225 g/mol. The summed E-state index contributed by atoms with van der Waals surface area (Å²) < 4.78 is 10.5. The van der Waals surface area contributed by atoms with Gasteiger partial charge in [0, 0.05) is 20.1 Å². The van der Waals surface area contributed by atoms with Gasteiger partial charge in [0.15, 0.2) is 0 Å². The van der Waals surface area contributed by atoms with Crippen molar-refractivity contribution in [1.82, 2.24) is 0 Å². The predicted molar refractivity (Wildman–Crippen MR) is 62.3 cm³/mol. The number of aliphatic hydroxyl groups is 1. The highest BCUT2D eigenvalue weighted by atomic mass is 16.5. The van der Waals surface area contributed by atoms with E-state index in [9.17, 15) is 5.11 Å². The van der Waals surface area contributed by atoms with E-state index in [1.54, 1.807) is 7.11 Å². The molecule has 0 amide bonds. The molecule has 0 heterocycles. The summed E-state index contributed by atoms with van der Waals surface area (Å²) in [7, 11) is 1.66. The standard InChI is InChI=1S/C12H19NO3/c1-15-9-10-3-2-4-12(7-10)16-6-5-11(14)8-13/h2-4,7,11,14H,5-6,8-9,13H2,1H3. The van der Waals surface area contributed by atoms with Crippen molar-refractivity contribution >= 4 is 0 Å². The van der Waals surface area contributed by atoms with Crippen LogP contribution in [0.5, 0.6) is 5.75 Å². The first-order valence-corrected chi connectivity index (χ1v) is 5.35. The third kappa shape index (κ3) is 4.61. The van der Waals surface area contributed by atoms with Gasteiger partial charge in [-0.25, -0.2) is 0 Å². The molecule has 1 unspecified atom stereocenters. The maximum Gasteiger partial charge on any atom is 0.119 e. The van der Waals surface area contributed by atoms with Crippen molar-refractivity contribution in [1.29, 1.82) is 0 Å². The number of rotatable bonds is 7. The van der Waals surface area contributed by atoms with Gasteiger partial charge in [-0.1, -0.05) is 12.1 Å². The van der Waals surface area contributed by atoms with Crippen molar-refractivity contribution in [3.63, 3.8) is 0 Å². The van der Waals surface area contributed by atoms with Crippen LogP contribution in [0, 0.1) is 0 Å². The van der Waals surface area contributed by atoms with Crippen molar-refractivity contribution in [3.05, 3.63) is 29.8 Å². The second-order valence-corrected chi connectivity index (χ2v) is 3.61. The number of benzene rings is 1. The lowest BCUT2D eigenvalue weighted by atomic mass is 10.2. The number of hydrogen-bond acceptors (Lipinski definition) is 4. The number of hydrogen-bond donors (Lipinski definition) is 2. The minimum absolute atomic E-state index is 0.271. The Bertz CT molecular complexity index is 304. The summed E-state index contributed by atoms with van der Waals surface area (Å²) in [5, 5.41) is 9.25. The normalized spacial score (nSPS) is 12.4. The van der Waals surface area contributed by atoms with E-state index in [1.165, 1.54) is 0 Å². The summed E-state index contributed by atoms with van der Waals surface area (Å²) in [6, 6.07) is 7.71. The number of nitrogens with two attached hydrogens (primary N) is 1. The summed E-state index contributed by atoms with van der Waals surface area (Å²) in [5.74, 6) is 0.791. The molecule has 4 heteroatoms. The van der Waals surface area contributed by atoms with Gasteiger partial charge in [0.05, 0.1) is 19.3 Å². The van der Waals surface area contributed by atoms with Crippen molar-refractivity contribution in [2.45, 2.75) is 19.1 Å². The molecule has 0 aliphatic carbocycles. The first-order chi connectivity index (χ1) is 7.76. The number of aliphatic hydroxyl groups excluding tert-OH is 1. The van der Waals surface area contributed by atoms with Gasteiger partial charge < -0.3 is 20.3 Å². The van der Waals surface area contributed by atoms with Crippen molar-refractivity contribution in [3.8, 4) is 5.75 Å². The maximum absolute atomic E-state index is 9.25. The van der Waals surface area contributed by atoms with E-state index in [2.05, 4.69) is 0 Å². The SMILES string of the molecule is COCc1cccc(OCCC(O)CN)c1. The average Bonchev–Trinajstić information content (AvgIpc) is 2.30. The lowest BCUT2D eigenvalue weighted by Gasteiger charge is -2.10. The quantitative estimate of drug-likeness (QED) is 0.724. The van der Waals surface area contributed by atoms with E-state index >= 15 is 0 Å². The van der Waals surface area contributed by atoms with Gasteiger partial charge in [0.25, 0.3) is 0 Å². The molecular formula is C12H19NO3. The van der Waals surface area contributed by atoms with Gasteiger partial charge in [-0.05, 0) is 17.7 Å². The summed E-state index contributed by atoms with van der Waals surface area (Å²) in [6.07, 6.45) is 0.0625. The van der Waals surface area contributed by atoms with Gasteiger partial charge in [-0.3, -0.25) is 0 Å². The van der Waals surface area contributed by atoms with E-state index in [-0.39, 0.29) is 6.54 Å². The minimum Gasteiger partial charge on any atom is -0.493 e. The van der Waals surface area contributed by atoms with Crippen LogP contribution in [0.1, 0.15) is 12.0 Å². The lowest BCUT2D eigenvalue weighted by Crippen LogP contribution is -2.21. The molecule has 0 bridgehead atoms. The van der Waals surface area contributed by atoms with E-state index in [0.717, 1.165) is 11.3 Å². The van der Waals surface area contributed by atoms with Crippen LogP contribution in [-0.2, 0) is 11.3 Å². The van der Waals surface area contributed by atoms with Gasteiger partial charge >= 0.3 is 0 Å². The number of methoxy groups -OCH3 is 1. The van der Waals surface area contributed by atoms with Crippen molar-refractivity contribution in [2.24, 2.45) is 5.73 Å². The van der Waals surface area contributed by atoms with Crippen LogP contribution in [0.2, 0.25) is 0 Å². The largest absolute Gasteiger partial charge is 0.493 e. The maximum atomic E-state index is 9.25. The highest BCUT2D eigenvalue weighted by molar-refractivity contribution is 5.28. The van der Waals surface area contributed by atoms with Crippen molar-refractivity contribution < 1.29 is 14.6 Å². The fourth-order valence-electron chi connectivity index (χ4n) is 1.32. The Kier molecular flexibility index (Phi) is 5.85. The zero-order valence-electron chi connectivity index (χ0n) is 9.56. The van der Waals surface area contributed by atoms with Crippen LogP contribution in [0.3, 0.4) is 0 Å². The van der Waals surface area contributed by atoms with Gasteiger partial charge in [0.1, 0.15) is 5.75 Å². The average molecular weight is 225 g/mol. The van der Waals surface area contributed by atoms with E-state index in [4.69, 9.17) is 15.2 Å². The van der Waals surface area contributed by atoms with Gasteiger partial charge in [0.2, 0.25) is 0 Å². The summed E-state index contributed by atoms with van der Waals surface area (Å²) in [6.45, 7) is 1.31. The molecule has 4 nitrogen and oxygen atoms in total. The van der Waals surface area contributed by atoms with Crippen LogP contribution < -0.4 is 10.5 Å². The third-order valence-electron chi connectivity index (χ3n) is 2.20. The molecule has 16 heavy (non-hydrogen) atoms. The molecule has 0 aliphatic rings. The van der Waals surface area contributed by atoms with E-state index < -0.39 is 6.10 Å². The Morgan fingerprint density at radius 3 is 2.94 bits per heavy atom. The van der Waals surface area contributed by atoms with Crippen LogP contribution in [0.15, 0.2) is 24.3 Å². The van der Waals surface area contributed by atoms with Crippen LogP contribution in [-0.4, -0.2) is 31.5 Å². The van der Waals surface area contributed by atoms with E-state index in [1.807, 2.05) is 24.3 Å². The highest BCUT2D eigenvalue weighted by Crippen LogP contribution is 2.14. The molecule has 90 valence electrons. The Morgan fingerprint density at radius 2 is 2.25 bits per heavy atom. The Balaban J connectivity index is 2.38. The first kappa shape index (κ1) is 13.0. The highest BCUT2D eigenvalue weighted by Gasteiger charge is 2.01. The molecule has 0 radical (unpaired) electrons.